The van der Waals surface area contributed by atoms with E-state index in [1.165, 1.54) is 5.56 Å². The van der Waals surface area contributed by atoms with Crippen molar-refractivity contribution in [1.82, 2.24) is 14.8 Å². The lowest BCUT2D eigenvalue weighted by Gasteiger charge is -2.10. The van der Waals surface area contributed by atoms with Gasteiger partial charge in [0, 0.05) is 22.3 Å². The van der Waals surface area contributed by atoms with E-state index in [9.17, 15) is 0 Å². The first-order chi connectivity index (χ1) is 13.1. The van der Waals surface area contributed by atoms with E-state index < -0.39 is 0 Å². The maximum absolute atomic E-state index is 6.25. The van der Waals surface area contributed by atoms with Crippen LogP contribution in [0.4, 0.5) is 0 Å². The van der Waals surface area contributed by atoms with Crippen LogP contribution in [0.15, 0.2) is 60.3 Å². The standard InChI is InChI=1S/C20H19Cl2N3OS/c1-3-10-25-19(12-26-17-8-4-14(2)5-9-17)23-24-20(25)27-13-15-6-7-16(21)11-18(15)22/h3-9,11H,1,10,12-13H2,2H3. The number of thioether (sulfide) groups is 1. The Labute approximate surface area is 173 Å². The van der Waals surface area contributed by atoms with E-state index in [1.807, 2.05) is 54.0 Å². The van der Waals surface area contributed by atoms with Gasteiger partial charge in [0.05, 0.1) is 0 Å². The van der Waals surface area contributed by atoms with Gasteiger partial charge < -0.3 is 4.74 Å². The number of nitrogens with zero attached hydrogens (tertiary/aromatic N) is 3. The largest absolute Gasteiger partial charge is 0.486 e. The number of hydrogen-bond donors (Lipinski definition) is 0. The van der Waals surface area contributed by atoms with E-state index in [-0.39, 0.29) is 0 Å². The molecule has 2 aromatic carbocycles. The van der Waals surface area contributed by atoms with Crippen LogP contribution in [0, 0.1) is 6.92 Å². The lowest BCUT2D eigenvalue weighted by Crippen LogP contribution is -2.07. The molecule has 140 valence electrons. The normalized spacial score (nSPS) is 10.8. The molecule has 0 atom stereocenters. The summed E-state index contributed by atoms with van der Waals surface area (Å²) in [6.07, 6.45) is 1.82. The van der Waals surface area contributed by atoms with E-state index in [1.54, 1.807) is 17.8 Å². The van der Waals surface area contributed by atoms with Gasteiger partial charge in [0.2, 0.25) is 0 Å². The molecular weight excluding hydrogens is 401 g/mol. The van der Waals surface area contributed by atoms with Crippen molar-refractivity contribution in [3.63, 3.8) is 0 Å². The molecule has 0 aliphatic carbocycles. The highest BCUT2D eigenvalue weighted by Gasteiger charge is 2.13. The molecule has 0 aliphatic heterocycles. The van der Waals surface area contributed by atoms with E-state index in [0.717, 1.165) is 22.3 Å². The quantitative estimate of drug-likeness (QED) is 0.334. The van der Waals surface area contributed by atoms with Crippen molar-refractivity contribution in [3.8, 4) is 5.75 Å². The molecule has 1 aromatic heterocycles. The second-order valence-corrected chi connectivity index (χ2v) is 7.71. The number of aryl methyl sites for hydroxylation is 1. The highest BCUT2D eigenvalue weighted by atomic mass is 35.5. The number of benzene rings is 2. The lowest BCUT2D eigenvalue weighted by atomic mass is 10.2. The van der Waals surface area contributed by atoms with Crippen LogP contribution >= 0.6 is 35.0 Å². The molecule has 0 radical (unpaired) electrons. The van der Waals surface area contributed by atoms with E-state index >= 15 is 0 Å². The monoisotopic (exact) mass is 419 g/mol. The van der Waals surface area contributed by atoms with Gasteiger partial charge in [-0.25, -0.2) is 0 Å². The molecule has 0 saturated carbocycles. The van der Waals surface area contributed by atoms with Crippen LogP contribution in [-0.4, -0.2) is 14.8 Å². The first-order valence-corrected chi connectivity index (χ1v) is 10.1. The Morgan fingerprint density at radius 2 is 1.93 bits per heavy atom. The third-order valence-corrected chi connectivity index (χ3v) is 5.47. The highest BCUT2D eigenvalue weighted by molar-refractivity contribution is 7.98. The summed E-state index contributed by atoms with van der Waals surface area (Å²) in [5.74, 6) is 2.22. The van der Waals surface area contributed by atoms with Crippen LogP contribution in [0.2, 0.25) is 10.0 Å². The zero-order chi connectivity index (χ0) is 19.2. The average Bonchev–Trinajstić information content (AvgIpc) is 3.03. The SMILES string of the molecule is C=CCn1c(COc2ccc(C)cc2)nnc1SCc1ccc(Cl)cc1Cl. The first kappa shape index (κ1) is 19.8. The molecule has 4 nitrogen and oxygen atoms in total. The summed E-state index contributed by atoms with van der Waals surface area (Å²) < 4.78 is 7.84. The molecule has 0 unspecified atom stereocenters. The van der Waals surface area contributed by atoms with Crippen molar-refractivity contribution in [3.05, 3.63) is 82.1 Å². The van der Waals surface area contributed by atoms with Crippen molar-refractivity contribution in [2.75, 3.05) is 0 Å². The van der Waals surface area contributed by atoms with Crippen molar-refractivity contribution in [2.45, 2.75) is 31.0 Å². The smallest absolute Gasteiger partial charge is 0.191 e. The minimum absolute atomic E-state index is 0.339. The van der Waals surface area contributed by atoms with E-state index in [4.69, 9.17) is 27.9 Å². The predicted molar refractivity (Wildman–Crippen MR) is 112 cm³/mol. The first-order valence-electron chi connectivity index (χ1n) is 8.36. The third kappa shape index (κ3) is 5.28. The number of ether oxygens (including phenoxy) is 1. The van der Waals surface area contributed by atoms with Gasteiger partial charge in [-0.05, 0) is 36.8 Å². The highest BCUT2D eigenvalue weighted by Crippen LogP contribution is 2.28. The molecule has 0 amide bonds. The van der Waals surface area contributed by atoms with Crippen LogP contribution in [0.1, 0.15) is 17.0 Å². The fraction of sp³-hybridized carbons (Fsp3) is 0.200. The number of rotatable bonds is 8. The Hall–Kier alpha value is -1.95. The van der Waals surface area contributed by atoms with Gasteiger partial charge in [0.15, 0.2) is 11.0 Å². The summed E-state index contributed by atoms with van der Waals surface area (Å²) in [7, 11) is 0. The van der Waals surface area contributed by atoms with Gasteiger partial charge in [-0.3, -0.25) is 4.57 Å². The Balaban J connectivity index is 1.70. The Kier molecular flexibility index (Phi) is 6.83. The Bertz CT molecular complexity index is 925. The third-order valence-electron chi connectivity index (χ3n) is 3.87. The van der Waals surface area contributed by atoms with E-state index in [0.29, 0.717) is 28.9 Å². The van der Waals surface area contributed by atoms with Crippen LogP contribution < -0.4 is 4.74 Å². The second kappa shape index (κ2) is 9.31. The fourth-order valence-corrected chi connectivity index (χ4v) is 3.93. The lowest BCUT2D eigenvalue weighted by molar-refractivity contribution is 0.289. The van der Waals surface area contributed by atoms with Gasteiger partial charge >= 0.3 is 0 Å². The molecule has 0 fully saturated rings. The summed E-state index contributed by atoms with van der Waals surface area (Å²) in [6, 6.07) is 13.4. The topological polar surface area (TPSA) is 39.9 Å². The van der Waals surface area contributed by atoms with Crippen LogP contribution in [-0.2, 0) is 18.9 Å². The summed E-state index contributed by atoms with van der Waals surface area (Å²) in [5.41, 5.74) is 2.19. The minimum Gasteiger partial charge on any atom is -0.486 e. The van der Waals surface area contributed by atoms with Crippen LogP contribution in [0.25, 0.3) is 0 Å². The van der Waals surface area contributed by atoms with Crippen LogP contribution in [0.3, 0.4) is 0 Å². The molecule has 0 saturated heterocycles. The molecule has 0 aliphatic rings. The van der Waals surface area contributed by atoms with Gasteiger partial charge in [0.25, 0.3) is 0 Å². The van der Waals surface area contributed by atoms with E-state index in [2.05, 4.69) is 16.8 Å². The molecule has 3 aromatic rings. The van der Waals surface area contributed by atoms with Gasteiger partial charge in [0.1, 0.15) is 12.4 Å². The molecule has 0 N–H and O–H groups in total. The zero-order valence-electron chi connectivity index (χ0n) is 14.9. The Morgan fingerprint density at radius 3 is 2.63 bits per heavy atom. The molecule has 0 bridgehead atoms. The zero-order valence-corrected chi connectivity index (χ0v) is 17.2. The molecule has 7 heteroatoms. The average molecular weight is 420 g/mol. The second-order valence-electron chi connectivity index (χ2n) is 5.92. The maximum Gasteiger partial charge on any atom is 0.191 e. The number of aromatic nitrogens is 3. The maximum atomic E-state index is 6.25. The summed E-state index contributed by atoms with van der Waals surface area (Å²) in [5, 5.41) is 10.6. The number of allylic oxidation sites excluding steroid dienone is 1. The summed E-state index contributed by atoms with van der Waals surface area (Å²) >= 11 is 13.8. The molecule has 27 heavy (non-hydrogen) atoms. The van der Waals surface area contributed by atoms with Crippen molar-refractivity contribution in [2.24, 2.45) is 0 Å². The summed E-state index contributed by atoms with van der Waals surface area (Å²) in [4.78, 5) is 0. The van der Waals surface area contributed by atoms with Crippen molar-refractivity contribution in [1.29, 1.82) is 0 Å². The van der Waals surface area contributed by atoms with Crippen LogP contribution in [0.5, 0.6) is 5.75 Å². The molecule has 0 spiro atoms. The Morgan fingerprint density at radius 1 is 1.15 bits per heavy atom. The number of halogens is 2. The molecular formula is C20H19Cl2N3OS. The van der Waals surface area contributed by atoms with Crippen molar-refractivity contribution >= 4 is 35.0 Å². The summed E-state index contributed by atoms with van der Waals surface area (Å²) in [6.45, 7) is 6.82. The van der Waals surface area contributed by atoms with Crippen molar-refractivity contribution < 1.29 is 4.74 Å². The fourth-order valence-electron chi connectivity index (χ4n) is 2.41. The van der Waals surface area contributed by atoms with Gasteiger partial charge in [-0.15, -0.1) is 16.8 Å². The predicted octanol–water partition coefficient (Wildman–Crippen LogP) is 5.95. The molecule has 1 heterocycles. The number of hydrogen-bond acceptors (Lipinski definition) is 4. The van der Waals surface area contributed by atoms with Gasteiger partial charge in [-0.2, -0.15) is 0 Å². The molecule has 3 rings (SSSR count). The minimum atomic E-state index is 0.339. The van der Waals surface area contributed by atoms with Gasteiger partial charge in [-0.1, -0.05) is 64.8 Å².